The molecular weight excluding hydrogens is 430 g/mol. The summed E-state index contributed by atoms with van der Waals surface area (Å²) in [5.74, 6) is 0.443. The number of rotatable bonds is 9. The summed E-state index contributed by atoms with van der Waals surface area (Å²) in [6, 6.07) is 16.5. The lowest BCUT2D eigenvalue weighted by atomic mass is 10.0. The molecule has 0 bridgehead atoms. The number of amides is 2. The van der Waals surface area contributed by atoms with E-state index in [4.69, 9.17) is 9.47 Å². The smallest absolute Gasteiger partial charge is 0.278 e. The molecule has 0 saturated heterocycles. The third-order valence-electron chi connectivity index (χ3n) is 5.38. The number of aromatic nitrogens is 1. The number of hydrogen-bond donors (Lipinski definition) is 1. The molecule has 0 unspecified atom stereocenters. The van der Waals surface area contributed by atoms with Crippen molar-refractivity contribution in [2.75, 3.05) is 18.5 Å². The van der Waals surface area contributed by atoms with Crippen LogP contribution in [-0.4, -0.2) is 34.9 Å². The van der Waals surface area contributed by atoms with Crippen LogP contribution in [0.2, 0.25) is 0 Å². The second-order valence-electron chi connectivity index (χ2n) is 7.83. The lowest BCUT2D eigenvalue weighted by molar-refractivity contribution is -0.137. The van der Waals surface area contributed by atoms with Crippen molar-refractivity contribution in [2.24, 2.45) is 0 Å². The molecule has 2 amide bonds. The Bertz CT molecular complexity index is 1220. The number of ether oxygens (including phenoxy) is 2. The monoisotopic (exact) mass is 457 g/mol. The summed E-state index contributed by atoms with van der Waals surface area (Å²) in [5.41, 5.74) is 3.70. The third kappa shape index (κ3) is 4.78. The second kappa shape index (κ2) is 10.2. The summed E-state index contributed by atoms with van der Waals surface area (Å²) in [5, 5.41) is 3.18. The molecule has 1 aromatic heterocycles. The Morgan fingerprint density at radius 3 is 2.32 bits per heavy atom. The van der Waals surface area contributed by atoms with E-state index in [0.29, 0.717) is 41.5 Å². The highest BCUT2D eigenvalue weighted by molar-refractivity contribution is 6.36. The summed E-state index contributed by atoms with van der Waals surface area (Å²) in [7, 11) is 0. The fourth-order valence-electron chi connectivity index (χ4n) is 3.77. The van der Waals surface area contributed by atoms with Gasteiger partial charge in [-0.3, -0.25) is 19.5 Å². The zero-order valence-corrected chi connectivity index (χ0v) is 19.5. The van der Waals surface area contributed by atoms with Gasteiger partial charge in [-0.1, -0.05) is 35.9 Å². The van der Waals surface area contributed by atoms with E-state index < -0.39 is 5.91 Å². The Morgan fingerprint density at radius 2 is 1.65 bits per heavy atom. The van der Waals surface area contributed by atoms with Crippen molar-refractivity contribution in [1.82, 2.24) is 9.88 Å². The molecule has 4 rings (SSSR count). The number of anilines is 1. The molecule has 1 aliphatic heterocycles. The fraction of sp³-hybridized carbons (Fsp3) is 0.222. The van der Waals surface area contributed by atoms with Crippen LogP contribution in [-0.2, 0) is 16.1 Å². The van der Waals surface area contributed by atoms with Gasteiger partial charge in [-0.25, -0.2) is 0 Å². The van der Waals surface area contributed by atoms with E-state index in [1.807, 2.05) is 51.1 Å². The highest BCUT2D eigenvalue weighted by atomic mass is 16.5. The lowest BCUT2D eigenvalue weighted by Crippen LogP contribution is -2.32. The molecule has 0 fully saturated rings. The van der Waals surface area contributed by atoms with Crippen molar-refractivity contribution in [3.8, 4) is 11.5 Å². The largest absolute Gasteiger partial charge is 0.490 e. The van der Waals surface area contributed by atoms with E-state index in [9.17, 15) is 9.59 Å². The Kier molecular flexibility index (Phi) is 6.92. The summed E-state index contributed by atoms with van der Waals surface area (Å²) >= 11 is 0. The van der Waals surface area contributed by atoms with Crippen LogP contribution in [0.15, 0.2) is 72.7 Å². The molecule has 0 spiro atoms. The zero-order chi connectivity index (χ0) is 24.1. The van der Waals surface area contributed by atoms with E-state index in [1.165, 1.54) is 4.90 Å². The molecule has 2 aromatic carbocycles. The fourth-order valence-corrected chi connectivity index (χ4v) is 3.77. The summed E-state index contributed by atoms with van der Waals surface area (Å²) < 4.78 is 11.4. The molecule has 0 atom stereocenters. The predicted octanol–water partition coefficient (Wildman–Crippen LogP) is 4.58. The van der Waals surface area contributed by atoms with Gasteiger partial charge in [-0.2, -0.15) is 0 Å². The lowest BCUT2D eigenvalue weighted by Gasteiger charge is -2.16. The van der Waals surface area contributed by atoms with Crippen molar-refractivity contribution in [3.63, 3.8) is 0 Å². The first-order valence-electron chi connectivity index (χ1n) is 11.2. The van der Waals surface area contributed by atoms with E-state index in [-0.39, 0.29) is 18.1 Å². The van der Waals surface area contributed by atoms with Crippen LogP contribution >= 0.6 is 0 Å². The Morgan fingerprint density at radius 1 is 0.912 bits per heavy atom. The minimum atomic E-state index is -0.392. The van der Waals surface area contributed by atoms with Gasteiger partial charge in [0, 0.05) is 24.1 Å². The highest BCUT2D eigenvalue weighted by Gasteiger charge is 2.39. The normalized spacial score (nSPS) is 13.4. The van der Waals surface area contributed by atoms with E-state index >= 15 is 0 Å². The molecule has 174 valence electrons. The molecule has 0 radical (unpaired) electrons. The van der Waals surface area contributed by atoms with Crippen molar-refractivity contribution >= 4 is 23.1 Å². The number of pyridine rings is 1. The maximum atomic E-state index is 13.5. The van der Waals surface area contributed by atoms with Crippen molar-refractivity contribution < 1.29 is 19.1 Å². The predicted molar refractivity (Wildman–Crippen MR) is 130 cm³/mol. The number of carbonyl (C=O) groups excluding carboxylic acids is 2. The highest BCUT2D eigenvalue weighted by Crippen LogP contribution is 2.35. The average molecular weight is 458 g/mol. The first-order chi connectivity index (χ1) is 16.5. The number of hydrogen-bond acceptors (Lipinski definition) is 6. The summed E-state index contributed by atoms with van der Waals surface area (Å²) in [4.78, 5) is 32.3. The van der Waals surface area contributed by atoms with Gasteiger partial charge in [-0.05, 0) is 50.1 Å². The molecule has 7 nitrogen and oxygen atoms in total. The van der Waals surface area contributed by atoms with Crippen LogP contribution in [0.3, 0.4) is 0 Å². The maximum absolute atomic E-state index is 13.5. The van der Waals surface area contributed by atoms with Gasteiger partial charge in [-0.15, -0.1) is 0 Å². The molecule has 1 N–H and O–H groups in total. The summed E-state index contributed by atoms with van der Waals surface area (Å²) in [6.07, 6.45) is 3.31. The molecule has 2 heterocycles. The maximum Gasteiger partial charge on any atom is 0.278 e. The van der Waals surface area contributed by atoms with Gasteiger partial charge in [0.25, 0.3) is 11.8 Å². The first-order valence-corrected chi connectivity index (χ1v) is 11.2. The topological polar surface area (TPSA) is 80.8 Å². The number of nitrogens with zero attached hydrogens (tertiary/aromatic N) is 2. The molecule has 34 heavy (non-hydrogen) atoms. The number of imide groups is 1. The average Bonchev–Trinajstić information content (AvgIpc) is 3.06. The zero-order valence-electron chi connectivity index (χ0n) is 19.5. The van der Waals surface area contributed by atoms with Gasteiger partial charge in [0.1, 0.15) is 5.70 Å². The van der Waals surface area contributed by atoms with E-state index in [0.717, 1.165) is 11.1 Å². The molecular formula is C27H27N3O4. The molecule has 3 aromatic rings. The van der Waals surface area contributed by atoms with Crippen molar-refractivity contribution in [3.05, 3.63) is 89.4 Å². The quantitative estimate of drug-likeness (QED) is 0.474. The van der Waals surface area contributed by atoms with Crippen LogP contribution in [0.25, 0.3) is 5.57 Å². The summed E-state index contributed by atoms with van der Waals surface area (Å²) in [6.45, 7) is 6.88. The van der Waals surface area contributed by atoms with Crippen LogP contribution in [0, 0.1) is 6.92 Å². The Hall–Kier alpha value is -4.13. The SMILES string of the molecule is CCOc1ccc(NC2=C(c3ccc(C)cc3)C(=O)N(Cc3cccnc3)C2=O)cc1OCC. The van der Waals surface area contributed by atoms with Crippen LogP contribution in [0.5, 0.6) is 11.5 Å². The number of aryl methyl sites for hydroxylation is 1. The standard InChI is InChI=1S/C27H27N3O4/c1-4-33-22-13-12-21(15-23(22)34-5-2)29-25-24(20-10-8-18(3)9-11-20)26(31)30(27(25)32)17-19-7-6-14-28-16-19/h6-16,29H,4-5,17H2,1-3H3. The van der Waals surface area contributed by atoms with Crippen LogP contribution in [0.1, 0.15) is 30.5 Å². The van der Waals surface area contributed by atoms with Gasteiger partial charge < -0.3 is 14.8 Å². The number of nitrogens with one attached hydrogen (secondary N) is 1. The Labute approximate surface area is 199 Å². The minimum absolute atomic E-state index is 0.138. The minimum Gasteiger partial charge on any atom is -0.490 e. The van der Waals surface area contributed by atoms with Crippen LogP contribution in [0.4, 0.5) is 5.69 Å². The number of carbonyl (C=O) groups is 2. The first kappa shape index (κ1) is 23.0. The Balaban J connectivity index is 1.73. The van der Waals surface area contributed by atoms with Gasteiger partial charge in [0.15, 0.2) is 11.5 Å². The third-order valence-corrected chi connectivity index (χ3v) is 5.38. The second-order valence-corrected chi connectivity index (χ2v) is 7.83. The van der Waals surface area contributed by atoms with Gasteiger partial charge >= 0.3 is 0 Å². The van der Waals surface area contributed by atoms with Gasteiger partial charge in [0.05, 0.1) is 25.3 Å². The molecule has 0 saturated carbocycles. The van der Waals surface area contributed by atoms with Crippen molar-refractivity contribution in [2.45, 2.75) is 27.3 Å². The van der Waals surface area contributed by atoms with Crippen LogP contribution < -0.4 is 14.8 Å². The van der Waals surface area contributed by atoms with Gasteiger partial charge in [0.2, 0.25) is 0 Å². The van der Waals surface area contributed by atoms with Crippen molar-refractivity contribution in [1.29, 1.82) is 0 Å². The molecule has 7 heteroatoms. The number of benzene rings is 2. The van der Waals surface area contributed by atoms with E-state index in [1.54, 1.807) is 36.7 Å². The molecule has 0 aliphatic carbocycles. The van der Waals surface area contributed by atoms with E-state index in [2.05, 4.69) is 10.3 Å². The molecule has 1 aliphatic rings.